The van der Waals surface area contributed by atoms with Crippen LogP contribution >= 0.6 is 0 Å². The Morgan fingerprint density at radius 1 is 1.28 bits per heavy atom. The second-order valence-corrected chi connectivity index (χ2v) is 11.2. The van der Waals surface area contributed by atoms with Gasteiger partial charge in [0.1, 0.15) is 5.84 Å². The molecule has 2 atom stereocenters. The van der Waals surface area contributed by atoms with Crippen molar-refractivity contribution in [2.45, 2.75) is 52.9 Å². The van der Waals surface area contributed by atoms with Crippen molar-refractivity contribution in [1.82, 2.24) is 14.7 Å². The van der Waals surface area contributed by atoms with Crippen LogP contribution in [0.25, 0.3) is 11.1 Å². The molecule has 208 valence electrons. The molecule has 1 unspecified atom stereocenters. The second-order valence-electron chi connectivity index (χ2n) is 11.2. The molecule has 0 bridgehead atoms. The van der Waals surface area contributed by atoms with Gasteiger partial charge in [0.15, 0.2) is 0 Å². The number of hydrogen-bond acceptors (Lipinski definition) is 6. The molecular formula is C30H41N7O2. The SMILES string of the molecule is CC(=O)N1CCC(N)=C(C(=N)N2CC[C@H](C)c3cc(-c4cnn(C)c4)c(C#N)cc32)C1.CC(C)C1CCOC1. The van der Waals surface area contributed by atoms with Crippen LogP contribution in [0.3, 0.4) is 0 Å². The second kappa shape index (κ2) is 12.0. The van der Waals surface area contributed by atoms with Gasteiger partial charge in [-0.2, -0.15) is 10.4 Å². The maximum absolute atomic E-state index is 11.9. The number of aromatic nitrogens is 2. The third-order valence-corrected chi connectivity index (χ3v) is 8.21. The van der Waals surface area contributed by atoms with Crippen molar-refractivity contribution >= 4 is 17.4 Å². The molecular weight excluding hydrogens is 490 g/mol. The minimum absolute atomic E-state index is 0.0154. The van der Waals surface area contributed by atoms with E-state index in [1.54, 1.807) is 22.7 Å². The van der Waals surface area contributed by atoms with E-state index in [0.717, 1.165) is 53.8 Å². The molecule has 1 fully saturated rings. The molecule has 1 aromatic carbocycles. The molecule has 4 heterocycles. The maximum Gasteiger partial charge on any atom is 0.219 e. The van der Waals surface area contributed by atoms with Gasteiger partial charge in [-0.25, -0.2) is 0 Å². The lowest BCUT2D eigenvalue weighted by atomic mass is 9.86. The van der Waals surface area contributed by atoms with E-state index < -0.39 is 0 Å². The first kappa shape index (κ1) is 28.4. The molecule has 1 aromatic heterocycles. The van der Waals surface area contributed by atoms with Crippen molar-refractivity contribution < 1.29 is 9.53 Å². The van der Waals surface area contributed by atoms with Gasteiger partial charge in [-0.15, -0.1) is 0 Å². The standard InChI is InChI=1S/C23H27N7O.C7H14O/c1-14-4-7-30(23(26)20-13-29(15(2)31)6-5-21(20)25)22-8-16(10-24)19(9-18(14)22)17-11-27-28(3)12-17;1-6(2)7-3-4-8-5-7/h8-9,11-12,14,26H,4-7,13,25H2,1-3H3;6-7H,3-5H2,1-2H3/t14-;/m0./s1. The van der Waals surface area contributed by atoms with E-state index in [0.29, 0.717) is 54.6 Å². The average molecular weight is 532 g/mol. The van der Waals surface area contributed by atoms with E-state index in [9.17, 15) is 10.1 Å². The van der Waals surface area contributed by atoms with Crippen LogP contribution in [0.15, 0.2) is 35.8 Å². The fraction of sp³-hybridized carbons (Fsp3) is 0.533. The van der Waals surface area contributed by atoms with Gasteiger partial charge in [-0.1, -0.05) is 20.8 Å². The van der Waals surface area contributed by atoms with Crippen LogP contribution in [0, 0.1) is 28.6 Å². The van der Waals surface area contributed by atoms with E-state index in [-0.39, 0.29) is 5.91 Å². The summed E-state index contributed by atoms with van der Waals surface area (Å²) in [6.07, 6.45) is 6.40. The van der Waals surface area contributed by atoms with Gasteiger partial charge in [0, 0.05) is 81.0 Å². The Morgan fingerprint density at radius 2 is 2.05 bits per heavy atom. The third kappa shape index (κ3) is 6.17. The van der Waals surface area contributed by atoms with Gasteiger partial charge in [-0.05, 0) is 48.3 Å². The van der Waals surface area contributed by atoms with Crippen LogP contribution in [0.2, 0.25) is 0 Å². The zero-order chi connectivity index (χ0) is 28.3. The molecule has 3 aliphatic rings. The third-order valence-electron chi connectivity index (χ3n) is 8.21. The summed E-state index contributed by atoms with van der Waals surface area (Å²) in [5.74, 6) is 2.26. The van der Waals surface area contributed by atoms with Crippen LogP contribution in [-0.2, 0) is 16.6 Å². The molecule has 1 amide bonds. The van der Waals surface area contributed by atoms with Crippen LogP contribution < -0.4 is 10.6 Å². The molecule has 3 N–H and O–H groups in total. The van der Waals surface area contributed by atoms with Crippen LogP contribution in [0.4, 0.5) is 5.69 Å². The van der Waals surface area contributed by atoms with Gasteiger partial charge < -0.3 is 20.3 Å². The number of hydrogen-bond donors (Lipinski definition) is 2. The van der Waals surface area contributed by atoms with Gasteiger partial charge in [-0.3, -0.25) is 14.9 Å². The lowest BCUT2D eigenvalue weighted by Gasteiger charge is -2.38. The van der Waals surface area contributed by atoms with E-state index in [2.05, 4.69) is 38.0 Å². The number of rotatable bonds is 3. The number of carbonyl (C=O) groups excluding carboxylic acids is 1. The number of benzene rings is 1. The molecule has 0 aliphatic carbocycles. The van der Waals surface area contributed by atoms with E-state index in [1.165, 1.54) is 6.42 Å². The van der Waals surface area contributed by atoms with Gasteiger partial charge in [0.05, 0.1) is 24.4 Å². The first-order chi connectivity index (χ1) is 18.6. The summed E-state index contributed by atoms with van der Waals surface area (Å²) in [6, 6.07) is 6.26. The van der Waals surface area contributed by atoms with Crippen molar-refractivity contribution in [1.29, 1.82) is 10.7 Å². The number of anilines is 1. The Labute approximate surface area is 231 Å². The molecule has 0 radical (unpaired) electrons. The highest BCUT2D eigenvalue weighted by Crippen LogP contribution is 2.40. The predicted octanol–water partition coefficient (Wildman–Crippen LogP) is 4.39. The van der Waals surface area contributed by atoms with Gasteiger partial charge in [0.2, 0.25) is 5.91 Å². The summed E-state index contributed by atoms with van der Waals surface area (Å²) in [6.45, 7) is 11.8. The zero-order valence-corrected chi connectivity index (χ0v) is 23.8. The molecule has 9 heteroatoms. The number of amides is 1. The maximum atomic E-state index is 11.9. The number of fused-ring (bicyclic) bond motifs is 1. The number of nitrogens with one attached hydrogen (secondary N) is 1. The first-order valence-corrected chi connectivity index (χ1v) is 13.8. The molecule has 2 aromatic rings. The molecule has 1 saturated heterocycles. The minimum atomic E-state index is -0.0154. The molecule has 5 rings (SSSR count). The van der Waals surface area contributed by atoms with Crippen molar-refractivity contribution in [3.63, 3.8) is 0 Å². The number of ether oxygens (including phenoxy) is 1. The van der Waals surface area contributed by atoms with E-state index in [4.69, 9.17) is 15.9 Å². The zero-order valence-electron chi connectivity index (χ0n) is 23.8. The molecule has 0 spiro atoms. The summed E-state index contributed by atoms with van der Waals surface area (Å²) in [5, 5.41) is 23.0. The number of nitrogens with two attached hydrogens (primary N) is 1. The lowest BCUT2D eigenvalue weighted by molar-refractivity contribution is -0.128. The highest BCUT2D eigenvalue weighted by atomic mass is 16.5. The number of amidine groups is 1. The van der Waals surface area contributed by atoms with Crippen LogP contribution in [-0.4, -0.2) is 59.3 Å². The Balaban J connectivity index is 0.000000379. The summed E-state index contributed by atoms with van der Waals surface area (Å²) in [5.41, 5.74) is 11.9. The fourth-order valence-corrected chi connectivity index (χ4v) is 5.47. The Morgan fingerprint density at radius 3 is 2.62 bits per heavy atom. The molecule has 0 saturated carbocycles. The van der Waals surface area contributed by atoms with Crippen molar-refractivity contribution in [3.05, 3.63) is 46.9 Å². The van der Waals surface area contributed by atoms with E-state index >= 15 is 0 Å². The molecule has 9 nitrogen and oxygen atoms in total. The van der Waals surface area contributed by atoms with Crippen molar-refractivity contribution in [3.8, 4) is 17.2 Å². The summed E-state index contributed by atoms with van der Waals surface area (Å²) < 4.78 is 6.94. The van der Waals surface area contributed by atoms with Crippen molar-refractivity contribution in [2.24, 2.45) is 24.6 Å². The van der Waals surface area contributed by atoms with Crippen LogP contribution in [0.5, 0.6) is 0 Å². The summed E-state index contributed by atoms with van der Waals surface area (Å²) in [7, 11) is 1.85. The Hall–Kier alpha value is -3.64. The number of nitrogens with zero attached hydrogens (tertiary/aromatic N) is 5. The Kier molecular flexibility index (Phi) is 8.76. The van der Waals surface area contributed by atoms with Crippen LogP contribution in [0.1, 0.15) is 64.0 Å². The predicted molar refractivity (Wildman–Crippen MR) is 153 cm³/mol. The average Bonchev–Trinajstić information content (AvgIpc) is 3.61. The quantitative estimate of drug-likeness (QED) is 0.447. The normalized spacial score (nSPS) is 20.8. The first-order valence-electron chi connectivity index (χ1n) is 13.8. The number of aryl methyl sites for hydroxylation is 1. The topological polar surface area (TPSA) is 124 Å². The van der Waals surface area contributed by atoms with Gasteiger partial charge >= 0.3 is 0 Å². The number of nitriles is 1. The Bertz CT molecular complexity index is 1300. The van der Waals surface area contributed by atoms with Crippen molar-refractivity contribution in [2.75, 3.05) is 37.7 Å². The molecule has 39 heavy (non-hydrogen) atoms. The highest BCUT2D eigenvalue weighted by molar-refractivity contribution is 6.09. The van der Waals surface area contributed by atoms with Gasteiger partial charge in [0.25, 0.3) is 0 Å². The fourth-order valence-electron chi connectivity index (χ4n) is 5.47. The number of carbonyl (C=O) groups is 1. The van der Waals surface area contributed by atoms with E-state index in [1.807, 2.05) is 24.2 Å². The highest BCUT2D eigenvalue weighted by Gasteiger charge is 2.31. The minimum Gasteiger partial charge on any atom is -0.402 e. The molecule has 3 aliphatic heterocycles. The monoisotopic (exact) mass is 531 g/mol. The summed E-state index contributed by atoms with van der Waals surface area (Å²) >= 11 is 0. The summed E-state index contributed by atoms with van der Waals surface area (Å²) in [4.78, 5) is 15.5. The smallest absolute Gasteiger partial charge is 0.219 e. The largest absolute Gasteiger partial charge is 0.402 e. The lowest BCUT2D eigenvalue weighted by Crippen LogP contribution is -2.44.